The first kappa shape index (κ1) is 13.5. The molecule has 0 saturated heterocycles. The first-order chi connectivity index (χ1) is 9.24. The molecular weight excluding hydrogens is 240 g/mol. The standard InChI is InChI=1S/C14H20N4O/c1-3-18(4-2)14-16-13(19-17-14)12(15)10-11-8-6-5-7-9-11/h5-9,12H,3-4,10,15H2,1-2H3. The van der Waals surface area contributed by atoms with Crippen molar-refractivity contribution in [3.8, 4) is 0 Å². The molecule has 0 amide bonds. The van der Waals surface area contributed by atoms with Gasteiger partial charge in [0, 0.05) is 13.1 Å². The van der Waals surface area contributed by atoms with Crippen molar-refractivity contribution in [1.82, 2.24) is 10.1 Å². The van der Waals surface area contributed by atoms with Gasteiger partial charge in [-0.25, -0.2) is 0 Å². The third kappa shape index (κ3) is 3.32. The molecule has 0 aliphatic heterocycles. The molecule has 1 aromatic heterocycles. The maximum Gasteiger partial charge on any atom is 0.266 e. The predicted octanol–water partition coefficient (Wildman–Crippen LogP) is 2.16. The highest BCUT2D eigenvalue weighted by atomic mass is 16.5. The van der Waals surface area contributed by atoms with Crippen LogP contribution in [0.5, 0.6) is 0 Å². The van der Waals surface area contributed by atoms with E-state index in [0.717, 1.165) is 18.7 Å². The Bertz CT molecular complexity index is 493. The van der Waals surface area contributed by atoms with Crippen LogP contribution < -0.4 is 10.6 Å². The second kappa shape index (κ2) is 6.33. The molecule has 0 radical (unpaired) electrons. The molecule has 2 N–H and O–H groups in total. The highest BCUT2D eigenvalue weighted by Gasteiger charge is 2.17. The van der Waals surface area contributed by atoms with E-state index in [-0.39, 0.29) is 6.04 Å². The summed E-state index contributed by atoms with van der Waals surface area (Å²) in [7, 11) is 0. The van der Waals surface area contributed by atoms with Crippen molar-refractivity contribution in [3.63, 3.8) is 0 Å². The maximum atomic E-state index is 6.11. The summed E-state index contributed by atoms with van der Waals surface area (Å²) < 4.78 is 5.26. The maximum absolute atomic E-state index is 6.11. The van der Waals surface area contributed by atoms with Crippen LogP contribution in [0.4, 0.5) is 5.95 Å². The molecule has 2 rings (SSSR count). The number of benzene rings is 1. The predicted molar refractivity (Wildman–Crippen MR) is 74.9 cm³/mol. The number of aromatic nitrogens is 2. The Morgan fingerprint density at radius 3 is 2.53 bits per heavy atom. The third-order valence-corrected chi connectivity index (χ3v) is 3.09. The van der Waals surface area contributed by atoms with Crippen molar-refractivity contribution in [2.45, 2.75) is 26.3 Å². The Balaban J connectivity index is 2.06. The van der Waals surface area contributed by atoms with E-state index < -0.39 is 0 Å². The van der Waals surface area contributed by atoms with Crippen molar-refractivity contribution in [2.24, 2.45) is 5.73 Å². The van der Waals surface area contributed by atoms with Gasteiger partial charge in [0.15, 0.2) is 0 Å². The second-order valence-corrected chi connectivity index (χ2v) is 4.40. The van der Waals surface area contributed by atoms with E-state index in [0.29, 0.717) is 18.3 Å². The Morgan fingerprint density at radius 1 is 1.21 bits per heavy atom. The molecule has 0 aliphatic carbocycles. The van der Waals surface area contributed by atoms with Gasteiger partial charge in [-0.15, -0.1) is 0 Å². The quantitative estimate of drug-likeness (QED) is 0.862. The number of nitrogens with two attached hydrogens (primary N) is 1. The van der Waals surface area contributed by atoms with Crippen LogP contribution in [-0.4, -0.2) is 23.2 Å². The number of hydrogen-bond acceptors (Lipinski definition) is 5. The van der Waals surface area contributed by atoms with Gasteiger partial charge in [0.1, 0.15) is 0 Å². The lowest BCUT2D eigenvalue weighted by atomic mass is 10.1. The van der Waals surface area contributed by atoms with Crippen molar-refractivity contribution < 1.29 is 4.52 Å². The summed E-state index contributed by atoms with van der Waals surface area (Å²) in [4.78, 5) is 6.40. The SMILES string of the molecule is CCN(CC)c1noc(C(N)Cc2ccccc2)n1. The second-order valence-electron chi connectivity index (χ2n) is 4.40. The fraction of sp³-hybridized carbons (Fsp3) is 0.429. The van der Waals surface area contributed by atoms with E-state index in [1.165, 1.54) is 0 Å². The van der Waals surface area contributed by atoms with Gasteiger partial charge in [-0.1, -0.05) is 30.3 Å². The molecule has 0 spiro atoms. The topological polar surface area (TPSA) is 68.2 Å². The Hall–Kier alpha value is -1.88. The van der Waals surface area contributed by atoms with E-state index in [1.807, 2.05) is 35.2 Å². The molecule has 0 aliphatic rings. The molecule has 5 heteroatoms. The fourth-order valence-corrected chi connectivity index (χ4v) is 1.97. The summed E-state index contributed by atoms with van der Waals surface area (Å²) in [6.45, 7) is 5.82. The number of hydrogen-bond donors (Lipinski definition) is 1. The van der Waals surface area contributed by atoms with Gasteiger partial charge >= 0.3 is 0 Å². The number of anilines is 1. The zero-order valence-corrected chi connectivity index (χ0v) is 11.4. The molecule has 102 valence electrons. The average molecular weight is 260 g/mol. The molecule has 1 unspecified atom stereocenters. The van der Waals surface area contributed by atoms with E-state index >= 15 is 0 Å². The number of nitrogens with zero attached hydrogens (tertiary/aromatic N) is 3. The highest BCUT2D eigenvalue weighted by molar-refractivity contribution is 5.27. The monoisotopic (exact) mass is 260 g/mol. The lowest BCUT2D eigenvalue weighted by molar-refractivity contribution is 0.353. The Morgan fingerprint density at radius 2 is 1.89 bits per heavy atom. The van der Waals surface area contributed by atoms with Gasteiger partial charge in [-0.05, 0) is 31.0 Å². The smallest absolute Gasteiger partial charge is 0.266 e. The Kier molecular flexibility index (Phi) is 4.52. The molecule has 0 fully saturated rings. The molecule has 19 heavy (non-hydrogen) atoms. The van der Waals surface area contributed by atoms with Gasteiger partial charge in [-0.3, -0.25) is 0 Å². The van der Waals surface area contributed by atoms with Crippen LogP contribution in [0.3, 0.4) is 0 Å². The zero-order valence-electron chi connectivity index (χ0n) is 11.4. The van der Waals surface area contributed by atoms with Gasteiger partial charge in [-0.2, -0.15) is 4.98 Å². The van der Waals surface area contributed by atoms with Gasteiger partial charge in [0.25, 0.3) is 5.95 Å². The van der Waals surface area contributed by atoms with Crippen LogP contribution in [0.2, 0.25) is 0 Å². The molecule has 0 saturated carbocycles. The van der Waals surface area contributed by atoms with Crippen molar-refractivity contribution in [1.29, 1.82) is 0 Å². The van der Waals surface area contributed by atoms with Gasteiger partial charge < -0.3 is 15.2 Å². The average Bonchev–Trinajstić information content (AvgIpc) is 2.91. The normalized spacial score (nSPS) is 12.4. The minimum atomic E-state index is -0.265. The summed E-state index contributed by atoms with van der Waals surface area (Å²) >= 11 is 0. The summed E-state index contributed by atoms with van der Waals surface area (Å²) in [5.74, 6) is 1.11. The van der Waals surface area contributed by atoms with Crippen LogP contribution in [0, 0.1) is 0 Å². The molecular formula is C14H20N4O. The highest BCUT2D eigenvalue weighted by Crippen LogP contribution is 2.17. The zero-order chi connectivity index (χ0) is 13.7. The van der Waals surface area contributed by atoms with E-state index in [2.05, 4.69) is 24.0 Å². The summed E-state index contributed by atoms with van der Waals surface area (Å²) in [6.07, 6.45) is 0.695. The molecule has 1 heterocycles. The minimum Gasteiger partial charge on any atom is -0.339 e. The fourth-order valence-electron chi connectivity index (χ4n) is 1.97. The minimum absolute atomic E-state index is 0.265. The van der Waals surface area contributed by atoms with Gasteiger partial charge in [0.2, 0.25) is 5.89 Å². The van der Waals surface area contributed by atoms with E-state index in [9.17, 15) is 0 Å². The summed E-state index contributed by atoms with van der Waals surface area (Å²) in [5.41, 5.74) is 7.27. The van der Waals surface area contributed by atoms with E-state index in [1.54, 1.807) is 0 Å². The number of rotatable bonds is 6. The van der Waals surface area contributed by atoms with E-state index in [4.69, 9.17) is 10.3 Å². The molecule has 1 atom stereocenters. The van der Waals surface area contributed by atoms with Crippen LogP contribution in [0.25, 0.3) is 0 Å². The summed E-state index contributed by atoms with van der Waals surface area (Å²) in [5, 5.41) is 3.98. The molecule has 2 aromatic rings. The van der Waals surface area contributed by atoms with Crippen LogP contribution in [0.15, 0.2) is 34.9 Å². The van der Waals surface area contributed by atoms with Crippen molar-refractivity contribution in [2.75, 3.05) is 18.0 Å². The Labute approximate surface area is 113 Å². The van der Waals surface area contributed by atoms with Crippen LogP contribution in [-0.2, 0) is 6.42 Å². The lowest BCUT2D eigenvalue weighted by Crippen LogP contribution is -2.23. The summed E-state index contributed by atoms with van der Waals surface area (Å²) in [6, 6.07) is 9.80. The molecule has 0 bridgehead atoms. The van der Waals surface area contributed by atoms with Crippen molar-refractivity contribution in [3.05, 3.63) is 41.8 Å². The first-order valence-electron chi connectivity index (χ1n) is 6.62. The molecule has 1 aromatic carbocycles. The molecule has 5 nitrogen and oxygen atoms in total. The first-order valence-corrected chi connectivity index (χ1v) is 6.62. The third-order valence-electron chi connectivity index (χ3n) is 3.09. The van der Waals surface area contributed by atoms with Crippen LogP contribution in [0.1, 0.15) is 31.3 Å². The lowest BCUT2D eigenvalue weighted by Gasteiger charge is -2.14. The largest absolute Gasteiger partial charge is 0.339 e. The van der Waals surface area contributed by atoms with Gasteiger partial charge in [0.05, 0.1) is 6.04 Å². The van der Waals surface area contributed by atoms with Crippen molar-refractivity contribution >= 4 is 5.95 Å². The van der Waals surface area contributed by atoms with Crippen LogP contribution >= 0.6 is 0 Å².